The largest absolute Gasteiger partial charge is 0.496 e. The predicted octanol–water partition coefficient (Wildman–Crippen LogP) is 4.33. The highest BCUT2D eigenvalue weighted by atomic mass is 16.5. The maximum atomic E-state index is 5.83. The molecule has 1 heterocycles. The molecule has 1 aromatic rings. The van der Waals surface area contributed by atoms with Crippen LogP contribution in [0.2, 0.25) is 0 Å². The molecule has 0 radical (unpaired) electrons. The minimum atomic E-state index is 0.141. The molecule has 0 spiro atoms. The Labute approximate surface area is 123 Å². The van der Waals surface area contributed by atoms with Crippen molar-refractivity contribution < 1.29 is 4.74 Å². The number of hydrogen-bond acceptors (Lipinski definition) is 2. The normalized spacial score (nSPS) is 16.7. The van der Waals surface area contributed by atoms with Crippen molar-refractivity contribution in [3.8, 4) is 0 Å². The number of nitrogens with one attached hydrogen (secondary N) is 1. The molecule has 2 nitrogen and oxygen atoms in total. The summed E-state index contributed by atoms with van der Waals surface area (Å²) in [5, 5.41) is 3.65. The second-order valence-corrected chi connectivity index (χ2v) is 6.47. The fourth-order valence-corrected chi connectivity index (χ4v) is 2.72. The average Bonchev–Trinajstić information content (AvgIpc) is 2.92. The first-order valence-corrected chi connectivity index (χ1v) is 7.69. The Balaban J connectivity index is 2.38. The summed E-state index contributed by atoms with van der Waals surface area (Å²) in [6.45, 7) is 10.8. The molecule has 2 rings (SSSR count). The summed E-state index contributed by atoms with van der Waals surface area (Å²) in [5.74, 6) is 1.09. The van der Waals surface area contributed by atoms with Gasteiger partial charge in [0.05, 0.1) is 12.6 Å². The summed E-state index contributed by atoms with van der Waals surface area (Å²) < 4.78 is 5.83. The van der Waals surface area contributed by atoms with E-state index >= 15 is 0 Å². The van der Waals surface area contributed by atoms with E-state index in [2.05, 4.69) is 63.4 Å². The lowest BCUT2D eigenvalue weighted by Crippen LogP contribution is -2.27. The fraction of sp³-hybridized carbons (Fsp3) is 0.556. The van der Waals surface area contributed by atoms with Gasteiger partial charge in [-0.15, -0.1) is 0 Å². The van der Waals surface area contributed by atoms with E-state index in [0.29, 0.717) is 0 Å². The van der Waals surface area contributed by atoms with Crippen LogP contribution in [0.25, 0.3) is 0 Å². The third-order valence-corrected chi connectivity index (χ3v) is 3.69. The van der Waals surface area contributed by atoms with Crippen LogP contribution in [0.15, 0.2) is 36.1 Å². The fourth-order valence-electron chi connectivity index (χ4n) is 2.72. The molecular formula is C18H27NO. The Kier molecular flexibility index (Phi) is 4.87. The van der Waals surface area contributed by atoms with Crippen LogP contribution in [-0.4, -0.2) is 13.2 Å². The van der Waals surface area contributed by atoms with Crippen molar-refractivity contribution >= 4 is 0 Å². The third-order valence-electron chi connectivity index (χ3n) is 3.69. The molecule has 0 fully saturated rings. The van der Waals surface area contributed by atoms with Crippen LogP contribution in [0, 0.1) is 0 Å². The van der Waals surface area contributed by atoms with Gasteiger partial charge in [0.2, 0.25) is 0 Å². The summed E-state index contributed by atoms with van der Waals surface area (Å²) in [5.41, 5.74) is 2.88. The van der Waals surface area contributed by atoms with Crippen LogP contribution in [-0.2, 0) is 10.2 Å². The Morgan fingerprint density at radius 2 is 2.00 bits per heavy atom. The van der Waals surface area contributed by atoms with E-state index in [1.807, 2.05) is 0 Å². The first-order chi connectivity index (χ1) is 9.54. The molecule has 0 saturated carbocycles. The smallest absolute Gasteiger partial charge is 0.114 e. The van der Waals surface area contributed by atoms with Gasteiger partial charge in [0.1, 0.15) is 5.76 Å². The van der Waals surface area contributed by atoms with Gasteiger partial charge < -0.3 is 10.1 Å². The van der Waals surface area contributed by atoms with E-state index in [4.69, 9.17) is 4.74 Å². The molecule has 1 aliphatic rings. The minimum absolute atomic E-state index is 0.141. The van der Waals surface area contributed by atoms with Gasteiger partial charge in [0, 0.05) is 6.42 Å². The van der Waals surface area contributed by atoms with E-state index in [1.54, 1.807) is 0 Å². The third kappa shape index (κ3) is 3.43. The highest BCUT2D eigenvalue weighted by molar-refractivity contribution is 5.38. The standard InChI is InChI=1S/C18H27NO/c1-5-12-19-17(16-11-8-13-20-16)14-9-6-7-10-15(14)18(2,3)4/h6-7,9-11,17,19H,5,8,12-13H2,1-4H3. The topological polar surface area (TPSA) is 21.3 Å². The molecule has 1 atom stereocenters. The Bertz CT molecular complexity index is 471. The zero-order valence-electron chi connectivity index (χ0n) is 13.2. The summed E-state index contributed by atoms with van der Waals surface area (Å²) >= 11 is 0. The molecule has 1 N–H and O–H groups in total. The van der Waals surface area contributed by atoms with Gasteiger partial charge in [-0.3, -0.25) is 0 Å². The first kappa shape index (κ1) is 15.1. The first-order valence-electron chi connectivity index (χ1n) is 7.69. The van der Waals surface area contributed by atoms with Gasteiger partial charge in [0.15, 0.2) is 0 Å². The van der Waals surface area contributed by atoms with Gasteiger partial charge in [-0.05, 0) is 35.6 Å². The molecule has 0 saturated heterocycles. The highest BCUT2D eigenvalue weighted by Crippen LogP contribution is 2.34. The van der Waals surface area contributed by atoms with Crippen molar-refractivity contribution in [1.82, 2.24) is 5.32 Å². The van der Waals surface area contributed by atoms with Crippen molar-refractivity contribution in [3.63, 3.8) is 0 Å². The molecule has 2 heteroatoms. The maximum Gasteiger partial charge on any atom is 0.114 e. The molecule has 0 aromatic heterocycles. The number of benzene rings is 1. The van der Waals surface area contributed by atoms with Crippen LogP contribution >= 0.6 is 0 Å². The van der Waals surface area contributed by atoms with E-state index < -0.39 is 0 Å². The molecule has 0 bridgehead atoms. The van der Waals surface area contributed by atoms with E-state index in [9.17, 15) is 0 Å². The summed E-state index contributed by atoms with van der Waals surface area (Å²) in [4.78, 5) is 0. The Hall–Kier alpha value is -1.28. The van der Waals surface area contributed by atoms with Crippen LogP contribution in [0.3, 0.4) is 0 Å². The number of ether oxygens (including phenoxy) is 1. The lowest BCUT2D eigenvalue weighted by atomic mass is 9.81. The van der Waals surface area contributed by atoms with E-state index in [1.165, 1.54) is 11.1 Å². The second-order valence-electron chi connectivity index (χ2n) is 6.47. The lowest BCUT2D eigenvalue weighted by Gasteiger charge is -2.28. The highest BCUT2D eigenvalue weighted by Gasteiger charge is 2.26. The SMILES string of the molecule is CCCNC(C1=CCCO1)c1ccccc1C(C)(C)C. The van der Waals surface area contributed by atoms with Gasteiger partial charge in [-0.1, -0.05) is 52.0 Å². The Morgan fingerprint density at radius 1 is 1.25 bits per heavy atom. The minimum Gasteiger partial charge on any atom is -0.496 e. The molecule has 1 aliphatic heterocycles. The molecule has 0 aliphatic carbocycles. The maximum absolute atomic E-state index is 5.83. The van der Waals surface area contributed by atoms with Crippen molar-refractivity contribution in [2.75, 3.05) is 13.2 Å². The van der Waals surface area contributed by atoms with Gasteiger partial charge in [-0.2, -0.15) is 0 Å². The predicted molar refractivity (Wildman–Crippen MR) is 84.8 cm³/mol. The second kappa shape index (κ2) is 6.45. The molecular weight excluding hydrogens is 246 g/mol. The molecule has 1 unspecified atom stereocenters. The zero-order chi connectivity index (χ0) is 14.6. The summed E-state index contributed by atoms with van der Waals surface area (Å²) in [6, 6.07) is 8.92. The quantitative estimate of drug-likeness (QED) is 0.862. The van der Waals surface area contributed by atoms with Crippen molar-refractivity contribution in [2.45, 2.75) is 52.0 Å². The molecule has 0 amide bonds. The number of hydrogen-bond donors (Lipinski definition) is 1. The lowest BCUT2D eigenvalue weighted by molar-refractivity contribution is 0.215. The van der Waals surface area contributed by atoms with Crippen molar-refractivity contribution in [2.24, 2.45) is 0 Å². The van der Waals surface area contributed by atoms with Crippen LogP contribution < -0.4 is 5.32 Å². The van der Waals surface area contributed by atoms with Gasteiger partial charge in [-0.25, -0.2) is 0 Å². The summed E-state index contributed by atoms with van der Waals surface area (Å²) in [7, 11) is 0. The van der Waals surface area contributed by atoms with E-state index in [-0.39, 0.29) is 11.5 Å². The Morgan fingerprint density at radius 3 is 2.60 bits per heavy atom. The molecule has 1 aromatic carbocycles. The van der Waals surface area contributed by atoms with Crippen LogP contribution in [0.4, 0.5) is 0 Å². The van der Waals surface area contributed by atoms with Crippen molar-refractivity contribution in [3.05, 3.63) is 47.2 Å². The zero-order valence-corrected chi connectivity index (χ0v) is 13.2. The van der Waals surface area contributed by atoms with E-state index in [0.717, 1.165) is 31.8 Å². The van der Waals surface area contributed by atoms with Gasteiger partial charge in [0.25, 0.3) is 0 Å². The monoisotopic (exact) mass is 273 g/mol. The molecule has 110 valence electrons. The summed E-state index contributed by atoms with van der Waals surface area (Å²) in [6.07, 6.45) is 4.38. The van der Waals surface area contributed by atoms with Gasteiger partial charge >= 0.3 is 0 Å². The average molecular weight is 273 g/mol. The van der Waals surface area contributed by atoms with Crippen LogP contribution in [0.1, 0.15) is 57.7 Å². The molecule has 20 heavy (non-hydrogen) atoms. The number of rotatable bonds is 5. The van der Waals surface area contributed by atoms with Crippen molar-refractivity contribution in [1.29, 1.82) is 0 Å². The van der Waals surface area contributed by atoms with Crippen LogP contribution in [0.5, 0.6) is 0 Å².